The largest absolute Gasteiger partial charge is 0.496 e. The van der Waals surface area contributed by atoms with Gasteiger partial charge in [-0.1, -0.05) is 12.1 Å². The fourth-order valence-corrected chi connectivity index (χ4v) is 2.38. The quantitative estimate of drug-likeness (QED) is 0.881. The van der Waals surface area contributed by atoms with E-state index in [2.05, 4.69) is 17.5 Å². The van der Waals surface area contributed by atoms with E-state index in [4.69, 9.17) is 10.5 Å². The highest BCUT2D eigenvalue weighted by molar-refractivity contribution is 7.13. The van der Waals surface area contributed by atoms with Crippen molar-refractivity contribution in [3.63, 3.8) is 0 Å². The fourth-order valence-electron chi connectivity index (χ4n) is 1.63. The van der Waals surface area contributed by atoms with Crippen molar-refractivity contribution < 1.29 is 4.74 Å². The monoisotopic (exact) mass is 233 g/mol. The molecule has 0 fully saturated rings. The van der Waals surface area contributed by atoms with Gasteiger partial charge in [-0.15, -0.1) is 11.3 Å². The van der Waals surface area contributed by atoms with Crippen LogP contribution < -0.4 is 10.5 Å². The zero-order chi connectivity index (χ0) is 11.5. The number of nitrogens with two attached hydrogens (primary N) is 1. The summed E-state index contributed by atoms with van der Waals surface area (Å²) in [6.45, 7) is 1.99. The van der Waals surface area contributed by atoms with Crippen LogP contribution in [0.3, 0.4) is 0 Å². The van der Waals surface area contributed by atoms with E-state index in [-0.39, 0.29) is 6.04 Å². The van der Waals surface area contributed by atoms with Gasteiger partial charge in [0.25, 0.3) is 0 Å². The molecule has 1 aromatic heterocycles. The Hall–Kier alpha value is -1.32. The summed E-state index contributed by atoms with van der Waals surface area (Å²) in [6.07, 6.45) is 0. The second-order valence-corrected chi connectivity index (χ2v) is 4.67. The summed E-state index contributed by atoms with van der Waals surface area (Å²) in [5, 5.41) is 2.06. The third-order valence-electron chi connectivity index (χ3n) is 2.54. The van der Waals surface area contributed by atoms with Crippen LogP contribution in [0.15, 0.2) is 35.7 Å². The molecule has 1 aromatic carbocycles. The van der Waals surface area contributed by atoms with Crippen molar-refractivity contribution in [3.8, 4) is 16.2 Å². The average molecular weight is 233 g/mol. The molecule has 1 heterocycles. The summed E-state index contributed by atoms with van der Waals surface area (Å²) in [6, 6.07) is 10.3. The first-order chi connectivity index (χ1) is 7.72. The number of benzene rings is 1. The predicted octanol–water partition coefficient (Wildman–Crippen LogP) is 3.44. The Morgan fingerprint density at radius 3 is 2.69 bits per heavy atom. The van der Waals surface area contributed by atoms with Crippen LogP contribution in [0.5, 0.6) is 5.75 Å². The summed E-state index contributed by atoms with van der Waals surface area (Å²) >= 11 is 1.71. The molecule has 2 N–H and O–H groups in total. The van der Waals surface area contributed by atoms with E-state index in [1.165, 1.54) is 4.88 Å². The molecule has 0 amide bonds. The van der Waals surface area contributed by atoms with Crippen LogP contribution in [-0.2, 0) is 0 Å². The number of ether oxygens (including phenoxy) is 1. The highest BCUT2D eigenvalue weighted by Gasteiger charge is 2.09. The smallest absolute Gasteiger partial charge is 0.127 e. The van der Waals surface area contributed by atoms with Gasteiger partial charge in [-0.05, 0) is 36.1 Å². The third kappa shape index (κ3) is 2.10. The van der Waals surface area contributed by atoms with Crippen LogP contribution in [0.4, 0.5) is 0 Å². The predicted molar refractivity (Wildman–Crippen MR) is 68.9 cm³/mol. The van der Waals surface area contributed by atoms with Crippen LogP contribution in [-0.4, -0.2) is 7.11 Å². The molecule has 0 aliphatic carbocycles. The fraction of sp³-hybridized carbons (Fsp3) is 0.231. The molecule has 0 bridgehead atoms. The van der Waals surface area contributed by atoms with Gasteiger partial charge in [-0.2, -0.15) is 0 Å². The maximum absolute atomic E-state index is 5.89. The number of methoxy groups -OCH3 is 1. The summed E-state index contributed by atoms with van der Waals surface area (Å²) in [7, 11) is 1.69. The van der Waals surface area contributed by atoms with Crippen LogP contribution in [0, 0.1) is 0 Å². The van der Waals surface area contributed by atoms with Gasteiger partial charge < -0.3 is 10.5 Å². The summed E-state index contributed by atoms with van der Waals surface area (Å²) in [5.41, 5.74) is 8.14. The van der Waals surface area contributed by atoms with Crippen molar-refractivity contribution in [1.29, 1.82) is 0 Å². The van der Waals surface area contributed by atoms with E-state index in [9.17, 15) is 0 Å². The minimum Gasteiger partial charge on any atom is -0.496 e. The average Bonchev–Trinajstić information content (AvgIpc) is 2.81. The molecule has 0 aliphatic heterocycles. The lowest BCUT2D eigenvalue weighted by atomic mass is 10.0. The Morgan fingerprint density at radius 2 is 2.12 bits per heavy atom. The molecular formula is C13H15NOS. The zero-order valence-electron chi connectivity index (χ0n) is 9.44. The van der Waals surface area contributed by atoms with Gasteiger partial charge in [0.2, 0.25) is 0 Å². The van der Waals surface area contributed by atoms with Crippen LogP contribution >= 0.6 is 11.3 Å². The molecule has 0 aliphatic rings. The lowest BCUT2D eigenvalue weighted by Gasteiger charge is -2.11. The molecule has 1 unspecified atom stereocenters. The van der Waals surface area contributed by atoms with Crippen molar-refractivity contribution in [2.75, 3.05) is 7.11 Å². The van der Waals surface area contributed by atoms with E-state index in [1.807, 2.05) is 25.1 Å². The highest BCUT2D eigenvalue weighted by Crippen LogP contribution is 2.34. The lowest BCUT2D eigenvalue weighted by Crippen LogP contribution is -2.05. The van der Waals surface area contributed by atoms with Crippen molar-refractivity contribution >= 4 is 11.3 Å². The number of rotatable bonds is 3. The Balaban J connectivity index is 2.52. The number of hydrogen-bond donors (Lipinski definition) is 1. The molecule has 2 rings (SSSR count). The van der Waals surface area contributed by atoms with Crippen molar-refractivity contribution in [2.45, 2.75) is 13.0 Å². The van der Waals surface area contributed by atoms with E-state index in [1.54, 1.807) is 18.4 Å². The van der Waals surface area contributed by atoms with Gasteiger partial charge in [-0.3, -0.25) is 0 Å². The molecular weight excluding hydrogens is 218 g/mol. The van der Waals surface area contributed by atoms with Crippen molar-refractivity contribution in [3.05, 3.63) is 41.3 Å². The molecule has 16 heavy (non-hydrogen) atoms. The molecule has 0 spiro atoms. The first-order valence-electron chi connectivity index (χ1n) is 5.19. The van der Waals surface area contributed by atoms with Gasteiger partial charge in [-0.25, -0.2) is 0 Å². The molecule has 2 aromatic rings. The standard InChI is InChI=1S/C13H15NOS/c1-9(14)10-5-6-12(15-2)11(8-10)13-4-3-7-16-13/h3-9H,14H2,1-2H3. The third-order valence-corrected chi connectivity index (χ3v) is 3.44. The van der Waals surface area contributed by atoms with Gasteiger partial charge in [0.15, 0.2) is 0 Å². The van der Waals surface area contributed by atoms with Crippen molar-refractivity contribution in [1.82, 2.24) is 0 Å². The van der Waals surface area contributed by atoms with Gasteiger partial charge in [0.1, 0.15) is 5.75 Å². The highest BCUT2D eigenvalue weighted by atomic mass is 32.1. The Bertz CT molecular complexity index is 463. The lowest BCUT2D eigenvalue weighted by molar-refractivity contribution is 0.416. The normalized spacial score (nSPS) is 12.4. The molecule has 0 radical (unpaired) electrons. The summed E-state index contributed by atoms with van der Waals surface area (Å²) < 4.78 is 5.37. The Kier molecular flexibility index (Phi) is 3.27. The van der Waals surface area contributed by atoms with Gasteiger partial charge in [0.05, 0.1) is 7.11 Å². The Labute approximate surface area is 99.7 Å². The SMILES string of the molecule is COc1ccc(C(C)N)cc1-c1cccs1. The molecule has 0 saturated heterocycles. The van der Waals surface area contributed by atoms with Crippen LogP contribution in [0.1, 0.15) is 18.5 Å². The van der Waals surface area contributed by atoms with E-state index >= 15 is 0 Å². The van der Waals surface area contributed by atoms with E-state index in [0.29, 0.717) is 0 Å². The summed E-state index contributed by atoms with van der Waals surface area (Å²) in [4.78, 5) is 1.21. The maximum atomic E-state index is 5.89. The second-order valence-electron chi connectivity index (χ2n) is 3.73. The minimum absolute atomic E-state index is 0.0459. The topological polar surface area (TPSA) is 35.2 Å². The van der Waals surface area contributed by atoms with Gasteiger partial charge >= 0.3 is 0 Å². The molecule has 3 heteroatoms. The first-order valence-corrected chi connectivity index (χ1v) is 6.07. The number of thiophene rings is 1. The summed E-state index contributed by atoms with van der Waals surface area (Å²) in [5.74, 6) is 0.895. The molecule has 0 saturated carbocycles. The van der Waals surface area contributed by atoms with E-state index in [0.717, 1.165) is 16.9 Å². The molecule has 1 atom stereocenters. The Morgan fingerprint density at radius 1 is 1.31 bits per heavy atom. The van der Waals surface area contributed by atoms with E-state index < -0.39 is 0 Å². The molecule has 2 nitrogen and oxygen atoms in total. The second kappa shape index (κ2) is 4.68. The van der Waals surface area contributed by atoms with Crippen LogP contribution in [0.25, 0.3) is 10.4 Å². The number of hydrogen-bond acceptors (Lipinski definition) is 3. The minimum atomic E-state index is 0.0459. The maximum Gasteiger partial charge on any atom is 0.127 e. The van der Waals surface area contributed by atoms with Gasteiger partial charge in [0, 0.05) is 16.5 Å². The zero-order valence-corrected chi connectivity index (χ0v) is 10.3. The van der Waals surface area contributed by atoms with Crippen molar-refractivity contribution in [2.24, 2.45) is 5.73 Å². The van der Waals surface area contributed by atoms with Crippen LogP contribution in [0.2, 0.25) is 0 Å². The molecule has 84 valence electrons. The first kappa shape index (κ1) is 11.2.